The normalized spacial score (nSPS) is 11.4. The summed E-state index contributed by atoms with van der Waals surface area (Å²) in [6.07, 6.45) is -1.66. The second-order valence-electron chi connectivity index (χ2n) is 5.05. The lowest BCUT2D eigenvalue weighted by molar-refractivity contribution is -0.842. The first-order valence-corrected chi connectivity index (χ1v) is 6.91. The van der Waals surface area contributed by atoms with E-state index in [4.69, 9.17) is 0 Å². The largest absolute Gasteiger partial charge is 0.637 e. The Morgan fingerprint density at radius 2 is 1.03 bits per heavy atom. The van der Waals surface area contributed by atoms with Crippen LogP contribution >= 0.6 is 0 Å². The predicted molar refractivity (Wildman–Crippen MR) is 78.5 cm³/mol. The summed E-state index contributed by atoms with van der Waals surface area (Å²) >= 11 is 0. The number of rotatable bonds is 15. The molecule has 0 aromatic carbocycles. The van der Waals surface area contributed by atoms with Gasteiger partial charge in [-0.3, -0.25) is 40.5 Å². The fraction of sp³-hybridized carbons (Fsp3) is 1.00. The summed E-state index contributed by atoms with van der Waals surface area (Å²) in [5.41, 5.74) is 0. The lowest BCUT2D eigenvalue weighted by atomic mass is 10.3. The molecular weight excluding hydrogens is 442 g/mol. The van der Waals surface area contributed by atoms with E-state index in [-0.39, 0.29) is 5.01 Å². The Morgan fingerprint density at radius 1 is 0.667 bits per heavy atom. The van der Waals surface area contributed by atoms with E-state index in [1.54, 1.807) is 0 Å². The van der Waals surface area contributed by atoms with Crippen LogP contribution in [-0.4, -0.2) is 78.2 Å². The molecule has 0 radical (unpaired) electrons. The molecule has 0 aromatic heterocycles. The van der Waals surface area contributed by atoms with E-state index in [0.29, 0.717) is 0 Å². The van der Waals surface area contributed by atoms with Crippen LogP contribution in [0.5, 0.6) is 0 Å². The van der Waals surface area contributed by atoms with Gasteiger partial charge in [0.15, 0.2) is 29.9 Å². The van der Waals surface area contributed by atoms with Gasteiger partial charge in [-0.1, -0.05) is 13.8 Å². The third kappa shape index (κ3) is 6.17. The number of nitrogens with zero attached hydrogens (tertiary/aromatic N) is 8. The molecule has 0 saturated carbocycles. The number of nitro groups is 6. The average Bonchev–Trinajstić information content (AvgIpc) is 2.61. The summed E-state index contributed by atoms with van der Waals surface area (Å²) in [6, 6.07) is 0. The van der Waals surface area contributed by atoms with E-state index in [9.17, 15) is 69.5 Å². The van der Waals surface area contributed by atoms with Crippen molar-refractivity contribution in [2.45, 2.75) is 18.3 Å². The molecule has 0 aromatic rings. The van der Waals surface area contributed by atoms with Crippen LogP contribution in [0.1, 0.15) is 6.42 Å². The van der Waals surface area contributed by atoms with Crippen LogP contribution in [0.25, 0.3) is 0 Å². The Morgan fingerprint density at radius 3 is 1.37 bits per heavy atom. The van der Waals surface area contributed by atoms with E-state index in [2.05, 4.69) is 4.74 Å². The van der Waals surface area contributed by atoms with Crippen LogP contribution in [0.3, 0.4) is 0 Å². The molecule has 0 atom stereocenters. The minimum atomic E-state index is -4.54. The summed E-state index contributed by atoms with van der Waals surface area (Å²) < 4.78 is 31.6. The summed E-state index contributed by atoms with van der Waals surface area (Å²) in [7, 11) is 0. The molecular formula is C7H10F2N8O13. The number of hydrogen-bond donors (Lipinski definition) is 0. The van der Waals surface area contributed by atoms with Gasteiger partial charge in [0, 0.05) is 0 Å². The third-order valence-corrected chi connectivity index (χ3v) is 3.13. The summed E-state index contributed by atoms with van der Waals surface area (Å²) in [4.78, 5) is 55.1. The van der Waals surface area contributed by atoms with E-state index in [0.717, 1.165) is 0 Å². The molecule has 0 bridgehead atoms. The van der Waals surface area contributed by atoms with Crippen LogP contribution < -0.4 is 0 Å². The van der Waals surface area contributed by atoms with Gasteiger partial charge in [0.1, 0.15) is 19.7 Å². The number of alkyl halides is 2. The summed E-state index contributed by atoms with van der Waals surface area (Å²) in [5, 5.41) is 59.5. The van der Waals surface area contributed by atoms with Crippen LogP contribution in [0, 0.1) is 60.7 Å². The van der Waals surface area contributed by atoms with Gasteiger partial charge in [0.25, 0.3) is 6.54 Å². The van der Waals surface area contributed by atoms with Crippen molar-refractivity contribution in [3.8, 4) is 0 Å². The monoisotopic (exact) mass is 452 g/mol. The maximum absolute atomic E-state index is 13.7. The lowest BCUT2D eigenvalue weighted by Crippen LogP contribution is -2.53. The van der Waals surface area contributed by atoms with E-state index >= 15 is 0 Å². The number of ether oxygens (including phenoxy) is 1. The van der Waals surface area contributed by atoms with Gasteiger partial charge < -0.3 is 4.74 Å². The second-order valence-corrected chi connectivity index (χ2v) is 5.05. The Bertz CT molecular complexity index is 706. The van der Waals surface area contributed by atoms with Crippen LogP contribution in [0.4, 0.5) is 8.78 Å². The molecule has 0 aliphatic rings. The minimum absolute atomic E-state index is 0.205. The average molecular weight is 452 g/mol. The molecule has 0 N–H and O–H groups in total. The van der Waals surface area contributed by atoms with E-state index < -0.39 is 79.6 Å². The Labute approximate surface area is 160 Å². The minimum Gasteiger partial charge on any atom is -0.329 e. The van der Waals surface area contributed by atoms with Crippen molar-refractivity contribution in [3.05, 3.63) is 60.7 Å². The quantitative estimate of drug-likeness (QED) is 0.120. The fourth-order valence-corrected chi connectivity index (χ4v) is 1.53. The lowest BCUT2D eigenvalue weighted by Gasteiger charge is -2.18. The van der Waals surface area contributed by atoms with E-state index in [1.165, 1.54) is 0 Å². The smallest absolute Gasteiger partial charge is 0.329 e. The molecule has 0 saturated heterocycles. The molecule has 30 heavy (non-hydrogen) atoms. The highest BCUT2D eigenvalue weighted by Crippen LogP contribution is 2.19. The zero-order valence-corrected chi connectivity index (χ0v) is 14.2. The Kier molecular flexibility index (Phi) is 8.47. The van der Waals surface area contributed by atoms with Crippen LogP contribution in [-0.2, 0) is 4.74 Å². The van der Waals surface area contributed by atoms with Crippen molar-refractivity contribution in [2.24, 2.45) is 0 Å². The van der Waals surface area contributed by atoms with Crippen molar-refractivity contribution < 1.29 is 43.3 Å². The van der Waals surface area contributed by atoms with Crippen molar-refractivity contribution in [3.63, 3.8) is 0 Å². The highest BCUT2D eigenvalue weighted by atomic mass is 19.2. The van der Waals surface area contributed by atoms with Crippen molar-refractivity contribution in [2.75, 3.05) is 26.6 Å². The molecule has 23 heteroatoms. The Balaban J connectivity index is 5.13. The standard InChI is InChI=1S/C7H10F2N8O13/c8-6(12(18)19,13(20)21)1-2-10(16(26)27)4-30-5-11(17(28)29)3-7(9,14(22)23)15(24)25/h1-5H2. The topological polar surface area (TPSA) is 275 Å². The second kappa shape index (κ2) is 9.85. The van der Waals surface area contributed by atoms with Gasteiger partial charge in [0.05, 0.1) is 6.54 Å². The molecule has 0 spiro atoms. The van der Waals surface area contributed by atoms with E-state index in [1.807, 2.05) is 0 Å². The van der Waals surface area contributed by atoms with Crippen molar-refractivity contribution in [1.29, 1.82) is 0 Å². The zero-order chi connectivity index (χ0) is 23.9. The zero-order valence-electron chi connectivity index (χ0n) is 14.2. The maximum Gasteiger partial charge on any atom is 0.637 e. The van der Waals surface area contributed by atoms with Crippen LogP contribution in [0.15, 0.2) is 0 Å². The molecule has 0 unspecified atom stereocenters. The fourth-order valence-electron chi connectivity index (χ4n) is 1.53. The molecule has 0 rings (SSSR count). The van der Waals surface area contributed by atoms with Crippen molar-refractivity contribution in [1.82, 2.24) is 10.0 Å². The molecule has 170 valence electrons. The number of hydrogen-bond acceptors (Lipinski definition) is 13. The highest BCUT2D eigenvalue weighted by molar-refractivity contribution is 4.56. The molecule has 0 amide bonds. The van der Waals surface area contributed by atoms with Gasteiger partial charge in [0.2, 0.25) is 0 Å². The molecule has 21 nitrogen and oxygen atoms in total. The highest BCUT2D eigenvalue weighted by Gasteiger charge is 2.62. The molecule has 0 aliphatic carbocycles. The van der Waals surface area contributed by atoms with Gasteiger partial charge in [-0.2, -0.15) is 0 Å². The van der Waals surface area contributed by atoms with Crippen LogP contribution in [0.2, 0.25) is 0 Å². The summed E-state index contributed by atoms with van der Waals surface area (Å²) in [6.45, 7) is -6.27. The first-order valence-electron chi connectivity index (χ1n) is 6.91. The molecule has 0 heterocycles. The third-order valence-electron chi connectivity index (χ3n) is 3.13. The Hall–Kier alpha value is -4.18. The van der Waals surface area contributed by atoms with Gasteiger partial charge in [-0.15, -0.1) is 5.01 Å². The SMILES string of the molecule is O=[N+]([O-])N(CCC(F)([N+](=O)[O-])[N+](=O)[O-])COCN(CC(F)([N+](=O)[O-])[N+](=O)[O-])[N+](=O)[O-]. The van der Waals surface area contributed by atoms with Crippen molar-refractivity contribution >= 4 is 0 Å². The first-order chi connectivity index (χ1) is 13.6. The summed E-state index contributed by atoms with van der Waals surface area (Å²) in [5.74, 6) is -8.84. The molecule has 0 aliphatic heterocycles. The van der Waals surface area contributed by atoms with Gasteiger partial charge in [-0.25, -0.2) is 20.2 Å². The van der Waals surface area contributed by atoms with Gasteiger partial charge >= 0.3 is 11.8 Å². The maximum atomic E-state index is 13.7. The number of halogens is 2. The predicted octanol–water partition coefficient (Wildman–Crippen LogP) is -1.35. The first kappa shape index (κ1) is 25.8. The molecule has 0 fully saturated rings. The number of hydrazine groups is 2. The van der Waals surface area contributed by atoms with Gasteiger partial charge in [-0.05, 0) is 0 Å².